The molecule has 0 aliphatic carbocycles. The number of pyridine rings is 1. The molecule has 1 heterocycles. The van der Waals surface area contributed by atoms with Gasteiger partial charge >= 0.3 is 12.4 Å². The average molecular weight is 493 g/mol. The van der Waals surface area contributed by atoms with E-state index < -0.39 is 58.7 Å². The molecule has 11 heteroatoms. The van der Waals surface area contributed by atoms with E-state index in [1.54, 1.807) is 6.07 Å². The molecule has 1 unspecified atom stereocenters. The number of alkyl halides is 8. The Bertz CT molecular complexity index is 1110. The minimum absolute atomic E-state index is 0.0239. The number of aliphatic hydroxyl groups is 1. The Labute approximate surface area is 188 Å². The molecule has 0 aliphatic rings. The van der Waals surface area contributed by atoms with E-state index in [2.05, 4.69) is 17.6 Å². The number of hydrogen-bond acceptors (Lipinski definition) is 3. The van der Waals surface area contributed by atoms with E-state index >= 15 is 0 Å². The summed E-state index contributed by atoms with van der Waals surface area (Å²) in [5.41, 5.74) is -5.31. The molecule has 3 rings (SSSR count). The van der Waals surface area contributed by atoms with Crippen LogP contribution in [0.15, 0.2) is 54.6 Å². The van der Waals surface area contributed by atoms with E-state index in [1.165, 1.54) is 24.3 Å². The van der Waals surface area contributed by atoms with Gasteiger partial charge in [0.05, 0.1) is 17.4 Å². The first-order valence-corrected chi connectivity index (χ1v) is 9.81. The number of thiol groups is 1. The van der Waals surface area contributed by atoms with Crippen molar-refractivity contribution in [3.05, 3.63) is 88.2 Å². The zero-order valence-corrected chi connectivity index (χ0v) is 17.3. The largest absolute Gasteiger partial charge is 0.433 e. The van der Waals surface area contributed by atoms with Crippen molar-refractivity contribution < 1.29 is 40.2 Å². The summed E-state index contributed by atoms with van der Waals surface area (Å²) < 4.78 is 107. The normalized spacial score (nSPS) is 13.4. The Morgan fingerprint density at radius 1 is 0.848 bits per heavy atom. The number of aromatic nitrogens is 1. The Kier molecular flexibility index (Phi) is 7.04. The van der Waals surface area contributed by atoms with E-state index in [0.717, 1.165) is 12.1 Å². The minimum atomic E-state index is -5.15. The second-order valence-electron chi connectivity index (χ2n) is 6.96. The summed E-state index contributed by atoms with van der Waals surface area (Å²) in [5, 5.41) is 8.41. The van der Waals surface area contributed by atoms with Gasteiger partial charge in [0.1, 0.15) is 5.69 Å². The quantitative estimate of drug-likeness (QED) is 0.290. The Morgan fingerprint density at radius 2 is 1.42 bits per heavy atom. The lowest BCUT2D eigenvalue weighted by Gasteiger charge is -2.25. The third-order valence-corrected chi connectivity index (χ3v) is 5.44. The summed E-state index contributed by atoms with van der Waals surface area (Å²) in [7, 11) is 0. The highest BCUT2D eigenvalue weighted by atomic mass is 32.1. The third kappa shape index (κ3) is 5.14. The topological polar surface area (TPSA) is 33.1 Å². The fraction of sp³-hybridized carbons (Fsp3) is 0.227. The van der Waals surface area contributed by atoms with Crippen LogP contribution < -0.4 is 0 Å². The van der Waals surface area contributed by atoms with Crippen molar-refractivity contribution in [3.63, 3.8) is 0 Å². The van der Waals surface area contributed by atoms with Crippen LogP contribution in [-0.4, -0.2) is 10.1 Å². The number of rotatable bonds is 5. The molecule has 33 heavy (non-hydrogen) atoms. The first-order chi connectivity index (χ1) is 15.4. The van der Waals surface area contributed by atoms with Crippen LogP contribution in [0.3, 0.4) is 0 Å². The first-order valence-electron chi connectivity index (χ1n) is 9.29. The smallest absolute Gasteiger partial charge is 0.392 e. The molecule has 0 saturated heterocycles. The molecule has 3 aromatic rings. The summed E-state index contributed by atoms with van der Waals surface area (Å²) >= 11 is 4.28. The highest BCUT2D eigenvalue weighted by Crippen LogP contribution is 2.46. The predicted octanol–water partition coefficient (Wildman–Crippen LogP) is 7.24. The fourth-order valence-corrected chi connectivity index (χ4v) is 3.88. The molecule has 0 radical (unpaired) electrons. The van der Waals surface area contributed by atoms with Gasteiger partial charge in [-0.1, -0.05) is 42.5 Å². The summed E-state index contributed by atoms with van der Waals surface area (Å²) in [6.45, 7) is -1.17. The summed E-state index contributed by atoms with van der Waals surface area (Å²) in [6, 6.07) is 10.6. The molecule has 0 fully saturated rings. The van der Waals surface area contributed by atoms with Gasteiger partial charge in [0, 0.05) is 11.1 Å². The van der Waals surface area contributed by atoms with Gasteiger partial charge in [-0.15, -0.1) is 0 Å². The van der Waals surface area contributed by atoms with Crippen molar-refractivity contribution in [1.82, 2.24) is 4.98 Å². The van der Waals surface area contributed by atoms with Crippen molar-refractivity contribution in [2.75, 3.05) is 0 Å². The molecule has 0 spiro atoms. The van der Waals surface area contributed by atoms with Gasteiger partial charge in [-0.25, -0.2) is 13.8 Å². The number of nitrogens with zero attached hydrogens (tertiary/aromatic N) is 1. The predicted molar refractivity (Wildman–Crippen MR) is 108 cm³/mol. The average Bonchev–Trinajstić information content (AvgIpc) is 2.76. The van der Waals surface area contributed by atoms with Crippen LogP contribution in [0.4, 0.5) is 35.1 Å². The summed E-state index contributed by atoms with van der Waals surface area (Å²) in [5.74, 6) is 0. The molecule has 2 nitrogen and oxygen atoms in total. The van der Waals surface area contributed by atoms with Gasteiger partial charge in [0.2, 0.25) is 0 Å². The van der Waals surface area contributed by atoms with Crippen LogP contribution in [-0.2, 0) is 19.0 Å². The second-order valence-corrected chi connectivity index (χ2v) is 7.47. The summed E-state index contributed by atoms with van der Waals surface area (Å²) in [6.07, 6.45) is -13.3. The third-order valence-electron chi connectivity index (χ3n) is 4.89. The van der Waals surface area contributed by atoms with Crippen LogP contribution in [0.5, 0.6) is 0 Å². The van der Waals surface area contributed by atoms with Gasteiger partial charge < -0.3 is 5.11 Å². The molecule has 1 aromatic heterocycles. The fourth-order valence-electron chi connectivity index (χ4n) is 3.44. The number of hydrogen-bond donors (Lipinski definition) is 2. The molecule has 1 atom stereocenters. The van der Waals surface area contributed by atoms with E-state index in [4.69, 9.17) is 0 Å². The SMILES string of the molecule is OCc1c(C(F)(F)F)nc(C(F)F)c(C(S)c2ccc(C(F)(F)F)cc2)c1-c1ccccc1. The van der Waals surface area contributed by atoms with Crippen LogP contribution in [0.2, 0.25) is 0 Å². The highest BCUT2D eigenvalue weighted by Gasteiger charge is 2.40. The maximum Gasteiger partial charge on any atom is 0.433 e. The van der Waals surface area contributed by atoms with Gasteiger partial charge in [-0.05, 0) is 28.8 Å². The maximum atomic E-state index is 13.9. The molecule has 1 N–H and O–H groups in total. The Hall–Kier alpha value is -2.66. The lowest BCUT2D eigenvalue weighted by molar-refractivity contribution is -0.142. The van der Waals surface area contributed by atoms with Crippen molar-refractivity contribution in [1.29, 1.82) is 0 Å². The monoisotopic (exact) mass is 493 g/mol. The van der Waals surface area contributed by atoms with Crippen molar-refractivity contribution in [2.24, 2.45) is 0 Å². The van der Waals surface area contributed by atoms with Gasteiger partial charge in [0.25, 0.3) is 6.43 Å². The molecule has 0 aliphatic heterocycles. The first kappa shape index (κ1) is 25.0. The molecule has 2 aromatic carbocycles. The minimum Gasteiger partial charge on any atom is -0.392 e. The standard InChI is InChI=1S/C22H15F8NOS/c23-20(24)17-16(18(33)12-6-8-13(9-7-12)21(25,26)27)15(11-4-2-1-3-5-11)14(10-32)19(31-17)22(28,29)30/h1-9,18,20,32-33H,10H2. The lowest BCUT2D eigenvalue weighted by atomic mass is 9.88. The molecule has 0 bridgehead atoms. The number of benzene rings is 2. The van der Waals surface area contributed by atoms with E-state index in [1.807, 2.05) is 0 Å². The van der Waals surface area contributed by atoms with Crippen molar-refractivity contribution >= 4 is 12.6 Å². The van der Waals surface area contributed by atoms with E-state index in [0.29, 0.717) is 12.1 Å². The van der Waals surface area contributed by atoms with Crippen molar-refractivity contribution in [3.8, 4) is 11.1 Å². The maximum absolute atomic E-state index is 13.9. The molecular formula is C22H15F8NOS. The van der Waals surface area contributed by atoms with Crippen LogP contribution in [0.1, 0.15) is 45.3 Å². The van der Waals surface area contributed by atoms with E-state index in [-0.39, 0.29) is 16.7 Å². The molecular weight excluding hydrogens is 478 g/mol. The lowest BCUT2D eigenvalue weighted by Crippen LogP contribution is -2.18. The Morgan fingerprint density at radius 3 is 1.88 bits per heavy atom. The molecule has 176 valence electrons. The van der Waals surface area contributed by atoms with Crippen LogP contribution >= 0.6 is 12.6 Å². The highest BCUT2D eigenvalue weighted by molar-refractivity contribution is 7.80. The van der Waals surface area contributed by atoms with E-state index in [9.17, 15) is 40.2 Å². The van der Waals surface area contributed by atoms with Gasteiger partial charge in [-0.3, -0.25) is 0 Å². The van der Waals surface area contributed by atoms with Crippen LogP contribution in [0, 0.1) is 0 Å². The van der Waals surface area contributed by atoms with Crippen LogP contribution in [0.25, 0.3) is 11.1 Å². The molecule has 0 saturated carbocycles. The zero-order valence-electron chi connectivity index (χ0n) is 16.4. The zero-order chi connectivity index (χ0) is 24.6. The number of halogens is 8. The second kappa shape index (κ2) is 9.30. The number of aliphatic hydroxyl groups excluding tert-OH is 1. The Balaban J connectivity index is 2.35. The van der Waals surface area contributed by atoms with Gasteiger partial charge in [-0.2, -0.15) is 39.0 Å². The van der Waals surface area contributed by atoms with Gasteiger partial charge in [0.15, 0.2) is 5.69 Å². The van der Waals surface area contributed by atoms with Crippen molar-refractivity contribution in [2.45, 2.75) is 30.6 Å². The molecule has 0 amide bonds. The summed E-state index contributed by atoms with van der Waals surface area (Å²) in [4.78, 5) is 3.14.